The first kappa shape index (κ1) is 10.4. The van der Waals surface area contributed by atoms with Gasteiger partial charge in [0.05, 0.1) is 18.0 Å². The molecule has 0 aliphatic carbocycles. The number of H-pyrrole nitrogens is 2. The fraction of sp³-hybridized carbons (Fsp3) is 0.300. The lowest BCUT2D eigenvalue weighted by atomic mass is 10.1. The van der Waals surface area contributed by atoms with E-state index in [1.165, 1.54) is 13.3 Å². The van der Waals surface area contributed by atoms with Crippen LogP contribution < -0.4 is 16.0 Å². The van der Waals surface area contributed by atoms with Crippen LogP contribution in [0.1, 0.15) is 12.5 Å². The van der Waals surface area contributed by atoms with E-state index in [9.17, 15) is 9.59 Å². The lowest BCUT2D eigenvalue weighted by Crippen LogP contribution is -2.22. The topological polar surface area (TPSA) is 87.8 Å². The Kier molecular flexibility index (Phi) is 2.47. The van der Waals surface area contributed by atoms with Gasteiger partial charge in [0.1, 0.15) is 0 Å². The molecular weight excluding hydrogens is 210 g/mol. The minimum atomic E-state index is -0.527. The van der Waals surface area contributed by atoms with Gasteiger partial charge < -0.3 is 9.72 Å². The minimum Gasteiger partial charge on any atom is -0.481 e. The largest absolute Gasteiger partial charge is 0.481 e. The number of methoxy groups -OCH3 is 1. The number of hydrogen-bond donors (Lipinski definition) is 2. The van der Waals surface area contributed by atoms with Gasteiger partial charge in [-0.1, -0.05) is 6.92 Å². The molecule has 0 aliphatic rings. The standard InChI is InChI=1S/C10H11N3O3/c1-3-5-7-6(4-11-9(5)16-2)8(14)13-10(15)12-7/h4H,3H2,1-2H3,(H2,12,13,14,15). The van der Waals surface area contributed by atoms with E-state index in [0.717, 1.165) is 5.56 Å². The van der Waals surface area contributed by atoms with Crippen molar-refractivity contribution in [3.05, 3.63) is 32.6 Å². The van der Waals surface area contributed by atoms with Crippen LogP contribution in [0.2, 0.25) is 0 Å². The lowest BCUT2D eigenvalue weighted by molar-refractivity contribution is 0.394. The normalized spacial score (nSPS) is 10.6. The van der Waals surface area contributed by atoms with Crippen molar-refractivity contribution in [2.24, 2.45) is 0 Å². The summed E-state index contributed by atoms with van der Waals surface area (Å²) in [6.07, 6.45) is 2.01. The van der Waals surface area contributed by atoms with E-state index in [-0.39, 0.29) is 0 Å². The summed E-state index contributed by atoms with van der Waals surface area (Å²) in [5.74, 6) is 0.427. The molecule has 0 aliphatic heterocycles. The van der Waals surface area contributed by atoms with Gasteiger partial charge in [-0.15, -0.1) is 0 Å². The molecule has 0 amide bonds. The van der Waals surface area contributed by atoms with Gasteiger partial charge in [-0.05, 0) is 6.42 Å². The van der Waals surface area contributed by atoms with Crippen LogP contribution in [0.25, 0.3) is 10.9 Å². The van der Waals surface area contributed by atoms with Crippen LogP contribution >= 0.6 is 0 Å². The number of aromatic amines is 2. The van der Waals surface area contributed by atoms with Crippen molar-refractivity contribution < 1.29 is 4.74 Å². The maximum Gasteiger partial charge on any atom is 0.326 e. The van der Waals surface area contributed by atoms with E-state index in [2.05, 4.69) is 15.0 Å². The van der Waals surface area contributed by atoms with E-state index in [1.54, 1.807) is 0 Å². The first-order valence-electron chi connectivity index (χ1n) is 4.85. The third kappa shape index (κ3) is 1.48. The molecule has 0 aromatic carbocycles. The van der Waals surface area contributed by atoms with E-state index < -0.39 is 11.2 Å². The number of aryl methyl sites for hydroxylation is 1. The number of nitrogens with zero attached hydrogens (tertiary/aromatic N) is 1. The Bertz CT molecular complexity index is 642. The zero-order chi connectivity index (χ0) is 11.7. The smallest absolute Gasteiger partial charge is 0.326 e. The summed E-state index contributed by atoms with van der Waals surface area (Å²) in [5.41, 5.74) is 0.246. The molecule has 2 N–H and O–H groups in total. The van der Waals surface area contributed by atoms with Crippen molar-refractivity contribution >= 4 is 10.9 Å². The third-order valence-electron chi connectivity index (χ3n) is 2.40. The molecule has 0 atom stereocenters. The molecule has 0 saturated heterocycles. The minimum absolute atomic E-state index is 0.359. The predicted molar refractivity (Wildman–Crippen MR) is 58.9 cm³/mol. The van der Waals surface area contributed by atoms with Crippen molar-refractivity contribution in [1.29, 1.82) is 0 Å². The second-order valence-corrected chi connectivity index (χ2v) is 3.30. The van der Waals surface area contributed by atoms with E-state index >= 15 is 0 Å². The van der Waals surface area contributed by atoms with Crippen LogP contribution in [-0.4, -0.2) is 22.1 Å². The molecule has 0 spiro atoms. The average molecular weight is 221 g/mol. The highest BCUT2D eigenvalue weighted by molar-refractivity contribution is 5.81. The molecule has 16 heavy (non-hydrogen) atoms. The molecule has 2 rings (SSSR count). The Morgan fingerprint density at radius 1 is 1.38 bits per heavy atom. The van der Waals surface area contributed by atoms with Crippen molar-refractivity contribution in [3.63, 3.8) is 0 Å². The van der Waals surface area contributed by atoms with Crippen molar-refractivity contribution in [2.45, 2.75) is 13.3 Å². The van der Waals surface area contributed by atoms with Crippen molar-refractivity contribution in [2.75, 3.05) is 7.11 Å². The summed E-state index contributed by atoms with van der Waals surface area (Å²) in [4.78, 5) is 31.5. The highest BCUT2D eigenvalue weighted by Crippen LogP contribution is 2.21. The molecular formula is C10H11N3O3. The van der Waals surface area contributed by atoms with Gasteiger partial charge in [-0.2, -0.15) is 0 Å². The van der Waals surface area contributed by atoms with Gasteiger partial charge in [0, 0.05) is 11.8 Å². The Balaban J connectivity index is 2.97. The number of hydrogen-bond acceptors (Lipinski definition) is 4. The van der Waals surface area contributed by atoms with Gasteiger partial charge in [0.25, 0.3) is 5.56 Å². The molecule has 0 unspecified atom stereocenters. The lowest BCUT2D eigenvalue weighted by Gasteiger charge is -2.07. The number of ether oxygens (including phenoxy) is 1. The quantitative estimate of drug-likeness (QED) is 0.757. The van der Waals surface area contributed by atoms with Crippen LogP contribution in [0.3, 0.4) is 0 Å². The fourth-order valence-electron chi connectivity index (χ4n) is 1.67. The van der Waals surface area contributed by atoms with Gasteiger partial charge in [-0.25, -0.2) is 9.78 Å². The van der Waals surface area contributed by atoms with E-state index in [4.69, 9.17) is 4.74 Å². The zero-order valence-corrected chi connectivity index (χ0v) is 8.96. The molecule has 6 heteroatoms. The van der Waals surface area contributed by atoms with Crippen LogP contribution in [0.5, 0.6) is 5.88 Å². The fourth-order valence-corrected chi connectivity index (χ4v) is 1.67. The second kappa shape index (κ2) is 3.80. The molecule has 0 saturated carbocycles. The molecule has 0 radical (unpaired) electrons. The number of rotatable bonds is 2. The molecule has 2 aromatic rings. The first-order chi connectivity index (χ1) is 7.67. The van der Waals surface area contributed by atoms with Gasteiger partial charge in [0.15, 0.2) is 0 Å². The van der Waals surface area contributed by atoms with Gasteiger partial charge in [-0.3, -0.25) is 9.78 Å². The van der Waals surface area contributed by atoms with Crippen molar-refractivity contribution in [1.82, 2.24) is 15.0 Å². The Hall–Kier alpha value is -2.11. The number of fused-ring (bicyclic) bond motifs is 1. The van der Waals surface area contributed by atoms with E-state index in [0.29, 0.717) is 23.2 Å². The molecule has 6 nitrogen and oxygen atoms in total. The number of aromatic nitrogens is 3. The van der Waals surface area contributed by atoms with Gasteiger partial charge >= 0.3 is 5.69 Å². The Morgan fingerprint density at radius 3 is 2.75 bits per heavy atom. The highest BCUT2D eigenvalue weighted by atomic mass is 16.5. The van der Waals surface area contributed by atoms with Crippen LogP contribution in [0.15, 0.2) is 15.8 Å². The molecule has 0 bridgehead atoms. The van der Waals surface area contributed by atoms with Crippen LogP contribution in [0.4, 0.5) is 0 Å². The maximum absolute atomic E-state index is 11.5. The first-order valence-corrected chi connectivity index (χ1v) is 4.85. The molecule has 0 fully saturated rings. The summed E-state index contributed by atoms with van der Waals surface area (Å²) in [5, 5.41) is 0.359. The summed E-state index contributed by atoms with van der Waals surface area (Å²) in [6.45, 7) is 1.90. The van der Waals surface area contributed by atoms with Crippen LogP contribution in [0, 0.1) is 0 Å². The van der Waals surface area contributed by atoms with E-state index in [1.807, 2.05) is 6.92 Å². The average Bonchev–Trinajstić information content (AvgIpc) is 2.27. The highest BCUT2D eigenvalue weighted by Gasteiger charge is 2.11. The van der Waals surface area contributed by atoms with Gasteiger partial charge in [0.2, 0.25) is 5.88 Å². The summed E-state index contributed by atoms with van der Waals surface area (Å²) in [7, 11) is 1.50. The SMILES string of the molecule is CCc1c(OC)ncc2c(=O)[nH]c(=O)[nH]c12. The second-order valence-electron chi connectivity index (χ2n) is 3.30. The summed E-state index contributed by atoms with van der Waals surface area (Å²) < 4.78 is 5.08. The number of nitrogens with one attached hydrogen (secondary N) is 2. The Morgan fingerprint density at radius 2 is 2.12 bits per heavy atom. The molecule has 2 heterocycles. The van der Waals surface area contributed by atoms with Crippen molar-refractivity contribution in [3.8, 4) is 5.88 Å². The summed E-state index contributed by atoms with van der Waals surface area (Å²) >= 11 is 0. The molecule has 2 aromatic heterocycles. The summed E-state index contributed by atoms with van der Waals surface area (Å²) in [6, 6.07) is 0. The maximum atomic E-state index is 11.5. The monoisotopic (exact) mass is 221 g/mol. The molecule has 84 valence electrons. The van der Waals surface area contributed by atoms with Crippen LogP contribution in [-0.2, 0) is 6.42 Å². The Labute approximate surface area is 90.3 Å². The number of pyridine rings is 1. The third-order valence-corrected chi connectivity index (χ3v) is 2.40. The predicted octanol–water partition coefficient (Wildman–Crippen LogP) is 0.182. The zero-order valence-electron chi connectivity index (χ0n) is 8.96.